The summed E-state index contributed by atoms with van der Waals surface area (Å²) in [4.78, 5) is 4.03. The molecule has 3 heterocycles. The molecule has 0 spiro atoms. The van der Waals surface area contributed by atoms with E-state index in [0.717, 1.165) is 25.1 Å². The number of aromatic amines is 1. The zero-order valence-corrected chi connectivity index (χ0v) is 10.2. The highest BCUT2D eigenvalue weighted by Gasteiger charge is 2.25. The van der Waals surface area contributed by atoms with Crippen LogP contribution in [0.3, 0.4) is 0 Å². The van der Waals surface area contributed by atoms with E-state index in [0.29, 0.717) is 17.4 Å². The fourth-order valence-corrected chi connectivity index (χ4v) is 2.78. The summed E-state index contributed by atoms with van der Waals surface area (Å²) in [5.41, 5.74) is 8.96. The molecular formula is C12H13N7. The lowest BCUT2D eigenvalue weighted by molar-refractivity contribution is 0.546. The summed E-state index contributed by atoms with van der Waals surface area (Å²) in [6.07, 6.45) is 8.43. The highest BCUT2D eigenvalue weighted by atomic mass is 15.3. The molecule has 0 bridgehead atoms. The Kier molecular flexibility index (Phi) is 2.08. The van der Waals surface area contributed by atoms with Gasteiger partial charge in [-0.05, 0) is 24.8 Å². The Balaban J connectivity index is 1.78. The van der Waals surface area contributed by atoms with Crippen LogP contribution in [-0.4, -0.2) is 29.8 Å². The van der Waals surface area contributed by atoms with Gasteiger partial charge in [0.1, 0.15) is 5.82 Å². The maximum atomic E-state index is 5.81. The van der Waals surface area contributed by atoms with Crippen molar-refractivity contribution in [2.24, 2.45) is 0 Å². The van der Waals surface area contributed by atoms with Crippen LogP contribution in [0.2, 0.25) is 0 Å². The molecule has 4 rings (SSSR count). The number of nitrogens with one attached hydrogen (secondary N) is 1. The summed E-state index contributed by atoms with van der Waals surface area (Å²) in [5, 5.41) is 15.6. The average Bonchev–Trinajstić information content (AvgIpc) is 3.04. The molecule has 0 saturated carbocycles. The van der Waals surface area contributed by atoms with E-state index < -0.39 is 0 Å². The van der Waals surface area contributed by atoms with Crippen molar-refractivity contribution >= 4 is 11.5 Å². The van der Waals surface area contributed by atoms with Gasteiger partial charge in [-0.25, -0.2) is 4.98 Å². The number of H-pyrrole nitrogens is 1. The van der Waals surface area contributed by atoms with Gasteiger partial charge in [0.15, 0.2) is 5.82 Å². The zero-order valence-electron chi connectivity index (χ0n) is 10.2. The maximum absolute atomic E-state index is 5.81. The quantitative estimate of drug-likeness (QED) is 0.667. The summed E-state index contributed by atoms with van der Waals surface area (Å²) in [6, 6.07) is 0. The molecule has 96 valence electrons. The van der Waals surface area contributed by atoms with Crippen molar-refractivity contribution in [3.05, 3.63) is 35.7 Å². The van der Waals surface area contributed by atoms with Gasteiger partial charge in [-0.15, -0.1) is 10.2 Å². The standard InChI is InChI=1S/C12H13N7/c13-10-12-18-17-11(19(12)4-3-14-10)7-1-2-9-8(5-7)6-15-16-9/h3-4,6-7H,1-2,5H2,(H2,13,14)(H,15,16). The first-order valence-electron chi connectivity index (χ1n) is 6.29. The SMILES string of the molecule is Nc1nccn2c(C3CCc4[nH]ncc4C3)nnc12. The molecular weight excluding hydrogens is 242 g/mol. The molecule has 1 atom stereocenters. The molecule has 1 unspecified atom stereocenters. The third-order valence-corrected chi connectivity index (χ3v) is 3.76. The number of hydrogen-bond donors (Lipinski definition) is 2. The van der Waals surface area contributed by atoms with E-state index >= 15 is 0 Å². The van der Waals surface area contributed by atoms with Crippen molar-refractivity contribution in [2.45, 2.75) is 25.2 Å². The number of nitrogens with zero attached hydrogens (tertiary/aromatic N) is 5. The minimum atomic E-state index is 0.349. The Labute approximate surface area is 108 Å². The van der Waals surface area contributed by atoms with Gasteiger partial charge < -0.3 is 5.73 Å². The van der Waals surface area contributed by atoms with E-state index in [1.54, 1.807) is 6.20 Å². The Morgan fingerprint density at radius 3 is 3.26 bits per heavy atom. The van der Waals surface area contributed by atoms with E-state index in [4.69, 9.17) is 5.73 Å². The highest BCUT2D eigenvalue weighted by Crippen LogP contribution is 2.31. The molecule has 1 aliphatic carbocycles. The normalized spacial score (nSPS) is 18.6. The molecule has 0 fully saturated rings. The van der Waals surface area contributed by atoms with Crippen LogP contribution in [-0.2, 0) is 12.8 Å². The fourth-order valence-electron chi connectivity index (χ4n) is 2.78. The van der Waals surface area contributed by atoms with E-state index in [1.165, 1.54) is 11.3 Å². The maximum Gasteiger partial charge on any atom is 0.203 e. The first-order valence-corrected chi connectivity index (χ1v) is 6.29. The highest BCUT2D eigenvalue weighted by molar-refractivity contribution is 5.58. The van der Waals surface area contributed by atoms with Crippen molar-refractivity contribution in [1.29, 1.82) is 0 Å². The van der Waals surface area contributed by atoms with Gasteiger partial charge in [-0.3, -0.25) is 9.50 Å². The van der Waals surface area contributed by atoms with Crippen molar-refractivity contribution in [2.75, 3.05) is 5.73 Å². The molecule has 0 saturated heterocycles. The fraction of sp³-hybridized carbons (Fsp3) is 0.333. The van der Waals surface area contributed by atoms with Crippen LogP contribution in [0.1, 0.15) is 29.4 Å². The molecule has 0 aliphatic heterocycles. The van der Waals surface area contributed by atoms with Crippen LogP contribution in [0, 0.1) is 0 Å². The Morgan fingerprint density at radius 2 is 2.32 bits per heavy atom. The van der Waals surface area contributed by atoms with Gasteiger partial charge in [0.25, 0.3) is 0 Å². The Hall–Kier alpha value is -2.44. The predicted molar refractivity (Wildman–Crippen MR) is 68.5 cm³/mol. The van der Waals surface area contributed by atoms with Gasteiger partial charge in [0, 0.05) is 24.0 Å². The second-order valence-electron chi connectivity index (χ2n) is 4.88. The number of nitrogen functional groups attached to an aromatic ring is 1. The van der Waals surface area contributed by atoms with Crippen LogP contribution in [0.15, 0.2) is 18.6 Å². The van der Waals surface area contributed by atoms with Crippen molar-refractivity contribution < 1.29 is 0 Å². The number of anilines is 1. The second-order valence-corrected chi connectivity index (χ2v) is 4.88. The minimum absolute atomic E-state index is 0.349. The second kappa shape index (κ2) is 3.78. The van der Waals surface area contributed by atoms with Crippen LogP contribution < -0.4 is 5.73 Å². The van der Waals surface area contributed by atoms with Gasteiger partial charge in [-0.2, -0.15) is 5.10 Å². The smallest absolute Gasteiger partial charge is 0.203 e. The first-order chi connectivity index (χ1) is 9.33. The average molecular weight is 255 g/mol. The van der Waals surface area contributed by atoms with Gasteiger partial charge in [0.05, 0.1) is 6.20 Å². The molecule has 3 aromatic heterocycles. The van der Waals surface area contributed by atoms with Crippen LogP contribution >= 0.6 is 0 Å². The molecule has 0 radical (unpaired) electrons. The number of hydrogen-bond acceptors (Lipinski definition) is 5. The number of fused-ring (bicyclic) bond motifs is 2. The Morgan fingerprint density at radius 1 is 1.37 bits per heavy atom. The van der Waals surface area contributed by atoms with Crippen LogP contribution in [0.25, 0.3) is 5.65 Å². The van der Waals surface area contributed by atoms with Crippen molar-refractivity contribution in [1.82, 2.24) is 29.8 Å². The monoisotopic (exact) mass is 255 g/mol. The summed E-state index contributed by atoms with van der Waals surface area (Å²) in [5.74, 6) is 1.72. The molecule has 0 aromatic carbocycles. The lowest BCUT2D eigenvalue weighted by Crippen LogP contribution is -2.14. The van der Waals surface area contributed by atoms with Gasteiger partial charge in [0.2, 0.25) is 5.65 Å². The topological polar surface area (TPSA) is 97.8 Å². The van der Waals surface area contributed by atoms with E-state index in [1.807, 2.05) is 16.8 Å². The van der Waals surface area contributed by atoms with Crippen LogP contribution in [0.5, 0.6) is 0 Å². The zero-order chi connectivity index (χ0) is 12.8. The lowest BCUT2D eigenvalue weighted by Gasteiger charge is -2.19. The number of rotatable bonds is 1. The van der Waals surface area contributed by atoms with E-state index in [-0.39, 0.29) is 0 Å². The molecule has 7 nitrogen and oxygen atoms in total. The molecule has 3 N–H and O–H groups in total. The molecule has 7 heteroatoms. The minimum Gasteiger partial charge on any atom is -0.381 e. The van der Waals surface area contributed by atoms with Gasteiger partial charge in [-0.1, -0.05) is 0 Å². The summed E-state index contributed by atoms with van der Waals surface area (Å²) < 4.78 is 1.94. The molecule has 19 heavy (non-hydrogen) atoms. The summed E-state index contributed by atoms with van der Waals surface area (Å²) >= 11 is 0. The molecule has 0 amide bonds. The first kappa shape index (κ1) is 10.5. The van der Waals surface area contributed by atoms with E-state index in [2.05, 4.69) is 25.4 Å². The number of aryl methyl sites for hydroxylation is 1. The Bertz CT molecular complexity index is 741. The van der Waals surface area contributed by atoms with Gasteiger partial charge >= 0.3 is 0 Å². The number of nitrogens with two attached hydrogens (primary N) is 1. The number of aromatic nitrogens is 6. The molecule has 1 aliphatic rings. The molecule has 3 aromatic rings. The largest absolute Gasteiger partial charge is 0.381 e. The van der Waals surface area contributed by atoms with Crippen molar-refractivity contribution in [3.8, 4) is 0 Å². The summed E-state index contributed by atoms with van der Waals surface area (Å²) in [7, 11) is 0. The summed E-state index contributed by atoms with van der Waals surface area (Å²) in [6.45, 7) is 0. The van der Waals surface area contributed by atoms with Crippen molar-refractivity contribution in [3.63, 3.8) is 0 Å². The predicted octanol–water partition coefficient (Wildman–Crippen LogP) is 0.702. The third kappa shape index (κ3) is 1.51. The van der Waals surface area contributed by atoms with Crippen LogP contribution in [0.4, 0.5) is 5.82 Å². The lowest BCUT2D eigenvalue weighted by atomic mass is 9.87. The van der Waals surface area contributed by atoms with E-state index in [9.17, 15) is 0 Å². The third-order valence-electron chi connectivity index (χ3n) is 3.76.